The molecule has 0 aliphatic heterocycles. The molecule has 0 spiro atoms. The molecule has 0 aliphatic carbocycles. The zero-order valence-corrected chi connectivity index (χ0v) is 15.3. The molecular weight excluding hydrogens is 342 g/mol. The molecular formula is C21H21N3O3. The standard InChI is InChI=1S/C21H21N3O3/c1-3-16-9-5-6-10-17(16)22-19(25)14-23-12-13-24(21(27)20(23)26)18-11-7-4-8-15(18)2/h4-13H,3,14H2,1-2H3,(H,22,25). The first-order valence-corrected chi connectivity index (χ1v) is 8.77. The second kappa shape index (κ2) is 7.86. The summed E-state index contributed by atoms with van der Waals surface area (Å²) in [6.07, 6.45) is 3.75. The number of hydrogen-bond acceptors (Lipinski definition) is 3. The summed E-state index contributed by atoms with van der Waals surface area (Å²) in [5.41, 5.74) is 1.83. The van der Waals surface area contributed by atoms with Crippen LogP contribution in [0.1, 0.15) is 18.1 Å². The van der Waals surface area contributed by atoms with Gasteiger partial charge in [-0.1, -0.05) is 43.3 Å². The lowest BCUT2D eigenvalue weighted by Gasteiger charge is -2.12. The molecule has 0 saturated carbocycles. The largest absolute Gasteiger partial charge is 0.324 e. The Hall–Kier alpha value is -3.41. The van der Waals surface area contributed by atoms with Gasteiger partial charge in [0.2, 0.25) is 5.91 Å². The predicted octanol–water partition coefficient (Wildman–Crippen LogP) is 2.51. The topological polar surface area (TPSA) is 73.1 Å². The van der Waals surface area contributed by atoms with E-state index in [-0.39, 0.29) is 12.5 Å². The van der Waals surface area contributed by atoms with Gasteiger partial charge in [-0.25, -0.2) is 0 Å². The van der Waals surface area contributed by atoms with Crippen molar-refractivity contribution in [2.45, 2.75) is 26.8 Å². The summed E-state index contributed by atoms with van der Waals surface area (Å²) < 4.78 is 2.43. The molecule has 27 heavy (non-hydrogen) atoms. The van der Waals surface area contributed by atoms with Crippen LogP contribution in [0.25, 0.3) is 5.69 Å². The van der Waals surface area contributed by atoms with Gasteiger partial charge >= 0.3 is 11.1 Å². The zero-order chi connectivity index (χ0) is 19.4. The van der Waals surface area contributed by atoms with Crippen LogP contribution in [-0.2, 0) is 17.8 Å². The van der Waals surface area contributed by atoms with Crippen LogP contribution >= 0.6 is 0 Å². The minimum atomic E-state index is -0.736. The number of carbonyl (C=O) groups is 1. The minimum Gasteiger partial charge on any atom is -0.324 e. The SMILES string of the molecule is CCc1ccccc1NC(=O)Cn1ccn(-c2ccccc2C)c(=O)c1=O. The first-order chi connectivity index (χ1) is 13.0. The van der Waals surface area contributed by atoms with Crippen LogP contribution in [-0.4, -0.2) is 15.0 Å². The molecule has 1 N–H and O–H groups in total. The van der Waals surface area contributed by atoms with Crippen molar-refractivity contribution in [3.8, 4) is 5.69 Å². The van der Waals surface area contributed by atoms with Crippen LogP contribution in [0, 0.1) is 6.92 Å². The van der Waals surface area contributed by atoms with Gasteiger partial charge in [0.1, 0.15) is 6.54 Å². The minimum absolute atomic E-state index is 0.221. The maximum absolute atomic E-state index is 12.5. The highest BCUT2D eigenvalue weighted by atomic mass is 16.2. The van der Waals surface area contributed by atoms with Crippen molar-refractivity contribution in [2.24, 2.45) is 0 Å². The molecule has 0 unspecified atom stereocenters. The number of carbonyl (C=O) groups excluding carboxylic acids is 1. The summed E-state index contributed by atoms with van der Waals surface area (Å²) in [5.74, 6) is -0.356. The number of aryl methyl sites for hydroxylation is 2. The van der Waals surface area contributed by atoms with E-state index in [0.29, 0.717) is 11.4 Å². The second-order valence-electron chi connectivity index (χ2n) is 6.25. The van der Waals surface area contributed by atoms with Crippen LogP contribution in [0.15, 0.2) is 70.5 Å². The van der Waals surface area contributed by atoms with Gasteiger partial charge in [0.05, 0.1) is 5.69 Å². The van der Waals surface area contributed by atoms with Gasteiger partial charge in [-0.05, 0) is 36.6 Å². The fourth-order valence-electron chi connectivity index (χ4n) is 2.95. The van der Waals surface area contributed by atoms with Crippen molar-refractivity contribution in [3.05, 3.63) is 92.8 Å². The van der Waals surface area contributed by atoms with Crippen LogP contribution in [0.4, 0.5) is 5.69 Å². The smallest absolute Gasteiger partial charge is 0.320 e. The molecule has 0 saturated heterocycles. The average molecular weight is 363 g/mol. The molecule has 1 heterocycles. The maximum atomic E-state index is 12.5. The van der Waals surface area contributed by atoms with E-state index < -0.39 is 11.1 Å². The number of anilines is 1. The van der Waals surface area contributed by atoms with Gasteiger partial charge < -0.3 is 5.32 Å². The first kappa shape index (κ1) is 18.4. The highest BCUT2D eigenvalue weighted by molar-refractivity contribution is 5.91. The van der Waals surface area contributed by atoms with E-state index in [0.717, 1.165) is 22.1 Å². The molecule has 3 aromatic rings. The van der Waals surface area contributed by atoms with Crippen molar-refractivity contribution >= 4 is 11.6 Å². The van der Waals surface area contributed by atoms with Gasteiger partial charge in [-0.3, -0.25) is 23.5 Å². The molecule has 6 nitrogen and oxygen atoms in total. The van der Waals surface area contributed by atoms with Gasteiger partial charge in [0.15, 0.2) is 0 Å². The molecule has 1 amide bonds. The molecule has 0 aliphatic rings. The van der Waals surface area contributed by atoms with Crippen molar-refractivity contribution in [1.82, 2.24) is 9.13 Å². The van der Waals surface area contributed by atoms with E-state index in [1.807, 2.05) is 50.2 Å². The fourth-order valence-corrected chi connectivity index (χ4v) is 2.95. The normalized spacial score (nSPS) is 10.6. The summed E-state index contributed by atoms with van der Waals surface area (Å²) in [7, 11) is 0. The number of aromatic nitrogens is 2. The molecule has 2 aromatic carbocycles. The second-order valence-corrected chi connectivity index (χ2v) is 6.25. The Kier molecular flexibility index (Phi) is 5.35. The number of benzene rings is 2. The lowest BCUT2D eigenvalue weighted by Crippen LogP contribution is -2.41. The Morgan fingerprint density at radius 3 is 2.41 bits per heavy atom. The third-order valence-electron chi connectivity index (χ3n) is 4.42. The molecule has 3 rings (SSSR count). The Balaban J connectivity index is 1.85. The van der Waals surface area contributed by atoms with Crippen LogP contribution in [0.2, 0.25) is 0 Å². The molecule has 6 heteroatoms. The van der Waals surface area contributed by atoms with Gasteiger partial charge in [-0.2, -0.15) is 0 Å². The van der Waals surface area contributed by atoms with Gasteiger partial charge in [-0.15, -0.1) is 0 Å². The van der Waals surface area contributed by atoms with E-state index in [2.05, 4.69) is 5.32 Å². The zero-order valence-electron chi connectivity index (χ0n) is 15.3. The fraction of sp³-hybridized carbons (Fsp3) is 0.190. The maximum Gasteiger partial charge on any atom is 0.320 e. The monoisotopic (exact) mass is 363 g/mol. The number of nitrogens with one attached hydrogen (secondary N) is 1. The van der Waals surface area contributed by atoms with Gasteiger partial charge in [0, 0.05) is 18.1 Å². The summed E-state index contributed by atoms with van der Waals surface area (Å²) >= 11 is 0. The lowest BCUT2D eigenvalue weighted by atomic mass is 10.1. The Morgan fingerprint density at radius 1 is 0.963 bits per heavy atom. The third kappa shape index (κ3) is 3.89. The molecule has 138 valence electrons. The number of para-hydroxylation sites is 2. The summed E-state index contributed by atoms with van der Waals surface area (Å²) in [6.45, 7) is 3.65. The molecule has 0 radical (unpaired) electrons. The average Bonchev–Trinajstić information content (AvgIpc) is 2.67. The van der Waals surface area contributed by atoms with Crippen LogP contribution < -0.4 is 16.4 Å². The summed E-state index contributed by atoms with van der Waals surface area (Å²) in [5, 5.41) is 2.80. The predicted molar refractivity (Wildman–Crippen MR) is 105 cm³/mol. The number of hydrogen-bond donors (Lipinski definition) is 1. The molecule has 0 fully saturated rings. The highest BCUT2D eigenvalue weighted by Gasteiger charge is 2.12. The Morgan fingerprint density at radius 2 is 1.67 bits per heavy atom. The van der Waals surface area contributed by atoms with E-state index in [4.69, 9.17) is 0 Å². The van der Waals surface area contributed by atoms with Crippen molar-refractivity contribution in [1.29, 1.82) is 0 Å². The lowest BCUT2D eigenvalue weighted by molar-refractivity contribution is -0.116. The first-order valence-electron chi connectivity index (χ1n) is 8.77. The molecule has 1 aromatic heterocycles. The van der Waals surface area contributed by atoms with E-state index in [1.54, 1.807) is 12.1 Å². The van der Waals surface area contributed by atoms with Crippen LogP contribution in [0.3, 0.4) is 0 Å². The number of amides is 1. The van der Waals surface area contributed by atoms with E-state index >= 15 is 0 Å². The number of rotatable bonds is 5. The van der Waals surface area contributed by atoms with Crippen molar-refractivity contribution in [2.75, 3.05) is 5.32 Å². The Labute approximate surface area is 156 Å². The Bertz CT molecular complexity index is 1100. The quantitative estimate of drug-likeness (QED) is 0.708. The molecule has 0 bridgehead atoms. The van der Waals surface area contributed by atoms with Gasteiger partial charge in [0.25, 0.3) is 0 Å². The highest BCUT2D eigenvalue weighted by Crippen LogP contribution is 2.15. The number of nitrogens with zero attached hydrogens (tertiary/aromatic N) is 2. The van der Waals surface area contributed by atoms with Crippen molar-refractivity contribution < 1.29 is 4.79 Å². The molecule has 0 atom stereocenters. The summed E-state index contributed by atoms with van der Waals surface area (Å²) in [4.78, 5) is 37.3. The third-order valence-corrected chi connectivity index (χ3v) is 4.42. The summed E-state index contributed by atoms with van der Waals surface area (Å²) in [6, 6.07) is 14.8. The van der Waals surface area contributed by atoms with E-state index in [9.17, 15) is 14.4 Å². The van der Waals surface area contributed by atoms with Crippen molar-refractivity contribution in [3.63, 3.8) is 0 Å². The van der Waals surface area contributed by atoms with E-state index in [1.165, 1.54) is 17.0 Å². The van der Waals surface area contributed by atoms with Crippen LogP contribution in [0.5, 0.6) is 0 Å².